The fourth-order valence-corrected chi connectivity index (χ4v) is 1.15. The first kappa shape index (κ1) is 14.9. The molecular formula is C11H23N3O2. The number of carbonyl (C=O) groups is 2. The molecule has 0 aliphatic rings. The van der Waals surface area contributed by atoms with Crippen molar-refractivity contribution in [3.63, 3.8) is 0 Å². The maximum atomic E-state index is 11.4. The van der Waals surface area contributed by atoms with E-state index >= 15 is 0 Å². The highest BCUT2D eigenvalue weighted by molar-refractivity contribution is 5.81. The summed E-state index contributed by atoms with van der Waals surface area (Å²) in [6, 6.07) is -0.439. The number of hydrogen-bond donors (Lipinski definition) is 3. The van der Waals surface area contributed by atoms with Crippen molar-refractivity contribution in [1.29, 1.82) is 0 Å². The van der Waals surface area contributed by atoms with Crippen LogP contribution in [0.5, 0.6) is 0 Å². The quantitative estimate of drug-likeness (QED) is 0.537. The second kappa shape index (κ2) is 8.10. The van der Waals surface area contributed by atoms with E-state index in [1.165, 1.54) is 0 Å². The highest BCUT2D eigenvalue weighted by Gasteiger charge is 2.11. The van der Waals surface area contributed by atoms with Crippen molar-refractivity contribution < 1.29 is 9.59 Å². The predicted octanol–water partition coefficient (Wildman–Crippen LogP) is 0.00220. The Balaban J connectivity index is 3.59. The zero-order chi connectivity index (χ0) is 12.6. The van der Waals surface area contributed by atoms with Crippen LogP contribution in [0.2, 0.25) is 0 Å². The van der Waals surface area contributed by atoms with E-state index in [0.717, 1.165) is 6.42 Å². The minimum absolute atomic E-state index is 0.00731. The van der Waals surface area contributed by atoms with Crippen molar-refractivity contribution in [2.45, 2.75) is 39.7 Å². The first-order valence-electron chi connectivity index (χ1n) is 5.80. The third kappa shape index (κ3) is 6.40. The second-order valence-corrected chi connectivity index (χ2v) is 4.13. The lowest BCUT2D eigenvalue weighted by atomic mass is 10.2. The van der Waals surface area contributed by atoms with Crippen molar-refractivity contribution in [3.05, 3.63) is 0 Å². The second-order valence-electron chi connectivity index (χ2n) is 4.13. The maximum Gasteiger partial charge on any atom is 0.236 e. The van der Waals surface area contributed by atoms with Gasteiger partial charge in [0.25, 0.3) is 0 Å². The van der Waals surface area contributed by atoms with Crippen LogP contribution in [0.4, 0.5) is 0 Å². The van der Waals surface area contributed by atoms with Gasteiger partial charge in [-0.15, -0.1) is 0 Å². The van der Waals surface area contributed by atoms with Crippen LogP contribution < -0.4 is 16.4 Å². The molecule has 5 nitrogen and oxygen atoms in total. The number of amides is 2. The van der Waals surface area contributed by atoms with Crippen LogP contribution >= 0.6 is 0 Å². The summed E-state index contributed by atoms with van der Waals surface area (Å²) >= 11 is 0. The molecule has 0 aromatic rings. The van der Waals surface area contributed by atoms with Gasteiger partial charge in [0, 0.05) is 19.0 Å². The molecule has 0 saturated carbocycles. The molecule has 0 rings (SSSR count). The van der Waals surface area contributed by atoms with E-state index in [4.69, 9.17) is 5.73 Å². The van der Waals surface area contributed by atoms with Gasteiger partial charge in [-0.2, -0.15) is 0 Å². The van der Waals surface area contributed by atoms with Crippen LogP contribution in [-0.2, 0) is 9.59 Å². The molecule has 16 heavy (non-hydrogen) atoms. The fraction of sp³-hybridized carbons (Fsp3) is 0.818. The number of nitrogens with one attached hydrogen (secondary N) is 2. The van der Waals surface area contributed by atoms with Crippen LogP contribution in [0.3, 0.4) is 0 Å². The van der Waals surface area contributed by atoms with Gasteiger partial charge in [-0.3, -0.25) is 9.59 Å². The van der Waals surface area contributed by atoms with Gasteiger partial charge in [-0.1, -0.05) is 27.2 Å². The van der Waals surface area contributed by atoms with E-state index in [1.807, 2.05) is 20.8 Å². The normalized spacial score (nSPS) is 12.3. The molecule has 0 aromatic heterocycles. The molecule has 5 heteroatoms. The molecule has 1 atom stereocenters. The Bertz CT molecular complexity index is 229. The molecule has 0 aromatic carbocycles. The lowest BCUT2D eigenvalue weighted by molar-refractivity contribution is -0.125. The Hall–Kier alpha value is -1.10. The summed E-state index contributed by atoms with van der Waals surface area (Å²) in [5.41, 5.74) is 5.62. The van der Waals surface area contributed by atoms with E-state index in [9.17, 15) is 9.59 Å². The highest BCUT2D eigenvalue weighted by Crippen LogP contribution is 1.92. The topological polar surface area (TPSA) is 84.2 Å². The van der Waals surface area contributed by atoms with Gasteiger partial charge in [0.1, 0.15) is 0 Å². The van der Waals surface area contributed by atoms with Crippen molar-refractivity contribution >= 4 is 11.8 Å². The average Bonchev–Trinajstić information content (AvgIpc) is 2.23. The monoisotopic (exact) mass is 229 g/mol. The summed E-state index contributed by atoms with van der Waals surface area (Å²) in [4.78, 5) is 22.5. The molecule has 4 N–H and O–H groups in total. The maximum absolute atomic E-state index is 11.4. The average molecular weight is 229 g/mol. The van der Waals surface area contributed by atoms with E-state index in [-0.39, 0.29) is 17.7 Å². The zero-order valence-electron chi connectivity index (χ0n) is 10.4. The fourth-order valence-electron chi connectivity index (χ4n) is 1.15. The van der Waals surface area contributed by atoms with E-state index < -0.39 is 6.04 Å². The number of hydrogen-bond acceptors (Lipinski definition) is 3. The molecule has 0 bridgehead atoms. The zero-order valence-corrected chi connectivity index (χ0v) is 10.4. The Morgan fingerprint density at radius 2 is 1.62 bits per heavy atom. The summed E-state index contributed by atoms with van der Waals surface area (Å²) in [7, 11) is 0. The van der Waals surface area contributed by atoms with Crippen LogP contribution in [-0.4, -0.2) is 30.9 Å². The molecule has 0 radical (unpaired) electrons. The van der Waals surface area contributed by atoms with Gasteiger partial charge < -0.3 is 16.4 Å². The Kier molecular flexibility index (Phi) is 7.54. The lowest BCUT2D eigenvalue weighted by Gasteiger charge is -2.12. The molecule has 0 spiro atoms. The minimum Gasteiger partial charge on any atom is -0.354 e. The minimum atomic E-state index is -0.439. The van der Waals surface area contributed by atoms with Crippen LogP contribution in [0.25, 0.3) is 0 Å². The van der Waals surface area contributed by atoms with E-state index in [2.05, 4.69) is 10.6 Å². The molecule has 0 aliphatic carbocycles. The van der Waals surface area contributed by atoms with Crippen molar-refractivity contribution in [2.75, 3.05) is 13.1 Å². The molecule has 1 unspecified atom stereocenters. The van der Waals surface area contributed by atoms with Crippen molar-refractivity contribution in [1.82, 2.24) is 10.6 Å². The molecule has 0 aliphatic heterocycles. The van der Waals surface area contributed by atoms with Gasteiger partial charge >= 0.3 is 0 Å². The summed E-state index contributed by atoms with van der Waals surface area (Å²) in [5, 5.41) is 5.40. The first-order chi connectivity index (χ1) is 7.49. The van der Waals surface area contributed by atoms with Gasteiger partial charge in [0.15, 0.2) is 0 Å². The summed E-state index contributed by atoms with van der Waals surface area (Å²) < 4.78 is 0. The highest BCUT2D eigenvalue weighted by atomic mass is 16.2. The first-order valence-corrected chi connectivity index (χ1v) is 5.80. The van der Waals surface area contributed by atoms with Crippen LogP contribution in [0, 0.1) is 5.92 Å². The van der Waals surface area contributed by atoms with Gasteiger partial charge in [0.2, 0.25) is 11.8 Å². The molecule has 94 valence electrons. The predicted molar refractivity (Wildman–Crippen MR) is 63.7 cm³/mol. The summed E-state index contributed by atoms with van der Waals surface area (Å²) in [6.07, 6.45) is 1.57. The Labute approximate surface area is 97.2 Å². The molecular weight excluding hydrogens is 206 g/mol. The molecule has 0 heterocycles. The van der Waals surface area contributed by atoms with Gasteiger partial charge in [-0.05, 0) is 6.42 Å². The largest absolute Gasteiger partial charge is 0.354 e. The number of nitrogens with two attached hydrogens (primary N) is 1. The molecule has 0 fully saturated rings. The Morgan fingerprint density at radius 1 is 1.12 bits per heavy atom. The van der Waals surface area contributed by atoms with E-state index in [0.29, 0.717) is 19.5 Å². The number of rotatable bonds is 7. The SMILES string of the molecule is CCCC(N)C(=O)NCCNC(=O)C(C)C. The van der Waals surface area contributed by atoms with Crippen LogP contribution in [0.15, 0.2) is 0 Å². The molecule has 2 amide bonds. The summed E-state index contributed by atoms with van der Waals surface area (Å²) in [5.74, 6) is -0.189. The Morgan fingerprint density at radius 3 is 2.06 bits per heavy atom. The smallest absolute Gasteiger partial charge is 0.236 e. The molecule has 0 saturated heterocycles. The van der Waals surface area contributed by atoms with Gasteiger partial charge in [-0.25, -0.2) is 0 Å². The lowest BCUT2D eigenvalue weighted by Crippen LogP contribution is -2.43. The third-order valence-electron chi connectivity index (χ3n) is 2.18. The standard InChI is InChI=1S/C11H23N3O2/c1-4-5-9(12)11(16)14-7-6-13-10(15)8(2)3/h8-9H,4-7,12H2,1-3H3,(H,13,15)(H,14,16). The van der Waals surface area contributed by atoms with Crippen LogP contribution in [0.1, 0.15) is 33.6 Å². The summed E-state index contributed by atoms with van der Waals surface area (Å²) in [6.45, 7) is 6.50. The number of carbonyl (C=O) groups excluding carboxylic acids is 2. The van der Waals surface area contributed by atoms with Gasteiger partial charge in [0.05, 0.1) is 6.04 Å². The third-order valence-corrected chi connectivity index (χ3v) is 2.18. The van der Waals surface area contributed by atoms with E-state index in [1.54, 1.807) is 0 Å². The van der Waals surface area contributed by atoms with Crippen molar-refractivity contribution in [2.24, 2.45) is 11.7 Å². The van der Waals surface area contributed by atoms with Crippen molar-refractivity contribution in [3.8, 4) is 0 Å².